The first-order chi connectivity index (χ1) is 7.65. The van der Waals surface area contributed by atoms with Crippen molar-refractivity contribution in [3.8, 4) is 0 Å². The van der Waals surface area contributed by atoms with Gasteiger partial charge in [0.05, 0.1) is 16.7 Å². The number of aromatic nitrogens is 1. The molecule has 0 spiro atoms. The lowest BCUT2D eigenvalue weighted by atomic mass is 10.0. The second kappa shape index (κ2) is 4.76. The van der Waals surface area contributed by atoms with Gasteiger partial charge in [-0.25, -0.2) is 4.98 Å². The van der Waals surface area contributed by atoms with E-state index in [4.69, 9.17) is 5.73 Å². The molecule has 2 nitrogen and oxygen atoms in total. The van der Waals surface area contributed by atoms with Gasteiger partial charge in [0.25, 0.3) is 0 Å². The normalized spacial score (nSPS) is 12.7. The molecule has 2 aromatic rings. The average molecular weight is 232 g/mol. The SMILES string of the molecule is Cc1cccc(CC(N)c2csc(C)n2)c1. The van der Waals surface area contributed by atoms with Crippen LogP contribution < -0.4 is 5.73 Å². The van der Waals surface area contributed by atoms with E-state index in [1.807, 2.05) is 6.92 Å². The molecule has 2 N–H and O–H groups in total. The Bertz CT molecular complexity index is 476. The molecule has 1 unspecified atom stereocenters. The van der Waals surface area contributed by atoms with Crippen LogP contribution in [0.25, 0.3) is 0 Å². The summed E-state index contributed by atoms with van der Waals surface area (Å²) < 4.78 is 0. The summed E-state index contributed by atoms with van der Waals surface area (Å²) in [5, 5.41) is 3.13. The van der Waals surface area contributed by atoms with Crippen LogP contribution in [0.5, 0.6) is 0 Å². The van der Waals surface area contributed by atoms with Gasteiger partial charge in [0.2, 0.25) is 0 Å². The first-order valence-corrected chi connectivity index (χ1v) is 6.26. The van der Waals surface area contributed by atoms with Gasteiger partial charge in [-0.2, -0.15) is 0 Å². The van der Waals surface area contributed by atoms with Crippen LogP contribution in [-0.2, 0) is 6.42 Å². The van der Waals surface area contributed by atoms with Crippen molar-refractivity contribution in [3.05, 3.63) is 51.5 Å². The maximum Gasteiger partial charge on any atom is 0.0898 e. The van der Waals surface area contributed by atoms with Crippen molar-refractivity contribution in [2.45, 2.75) is 26.3 Å². The second-order valence-corrected chi connectivity index (χ2v) is 5.15. The Labute approximate surface area is 100 Å². The van der Waals surface area contributed by atoms with E-state index < -0.39 is 0 Å². The Morgan fingerprint density at radius 2 is 2.19 bits per heavy atom. The highest BCUT2D eigenvalue weighted by Gasteiger charge is 2.10. The molecule has 16 heavy (non-hydrogen) atoms. The van der Waals surface area contributed by atoms with E-state index in [2.05, 4.69) is 41.6 Å². The minimum absolute atomic E-state index is 0.00625. The minimum Gasteiger partial charge on any atom is -0.322 e. The smallest absolute Gasteiger partial charge is 0.0898 e. The zero-order chi connectivity index (χ0) is 11.5. The number of aryl methyl sites for hydroxylation is 2. The third kappa shape index (κ3) is 2.68. The monoisotopic (exact) mass is 232 g/mol. The number of benzene rings is 1. The lowest BCUT2D eigenvalue weighted by molar-refractivity contribution is 0.700. The van der Waals surface area contributed by atoms with Crippen molar-refractivity contribution in [2.24, 2.45) is 5.73 Å². The number of hydrogen-bond donors (Lipinski definition) is 1. The molecule has 0 radical (unpaired) electrons. The molecule has 0 aliphatic heterocycles. The van der Waals surface area contributed by atoms with Crippen LogP contribution >= 0.6 is 11.3 Å². The van der Waals surface area contributed by atoms with Gasteiger partial charge in [-0.15, -0.1) is 11.3 Å². The number of nitrogens with zero attached hydrogens (tertiary/aromatic N) is 1. The van der Waals surface area contributed by atoms with E-state index in [1.165, 1.54) is 11.1 Å². The quantitative estimate of drug-likeness (QED) is 0.883. The molecule has 1 aromatic carbocycles. The highest BCUT2D eigenvalue weighted by Crippen LogP contribution is 2.18. The number of hydrogen-bond acceptors (Lipinski definition) is 3. The van der Waals surface area contributed by atoms with Crippen LogP contribution in [-0.4, -0.2) is 4.98 Å². The summed E-state index contributed by atoms with van der Waals surface area (Å²) in [5.41, 5.74) is 9.69. The third-order valence-electron chi connectivity index (χ3n) is 2.55. The maximum absolute atomic E-state index is 6.13. The Kier molecular flexibility index (Phi) is 3.36. The van der Waals surface area contributed by atoms with Crippen molar-refractivity contribution in [2.75, 3.05) is 0 Å². The summed E-state index contributed by atoms with van der Waals surface area (Å²) in [7, 11) is 0. The van der Waals surface area contributed by atoms with Gasteiger partial charge in [-0.3, -0.25) is 0 Å². The summed E-state index contributed by atoms with van der Waals surface area (Å²) in [6.07, 6.45) is 0.852. The van der Waals surface area contributed by atoms with Crippen LogP contribution in [0.3, 0.4) is 0 Å². The zero-order valence-corrected chi connectivity index (χ0v) is 10.4. The molecular weight excluding hydrogens is 216 g/mol. The molecule has 0 amide bonds. The highest BCUT2D eigenvalue weighted by atomic mass is 32.1. The zero-order valence-electron chi connectivity index (χ0n) is 9.60. The topological polar surface area (TPSA) is 38.9 Å². The van der Waals surface area contributed by atoms with Crippen LogP contribution in [0.4, 0.5) is 0 Å². The Morgan fingerprint density at radius 3 is 2.81 bits per heavy atom. The number of thiazole rings is 1. The Morgan fingerprint density at radius 1 is 1.38 bits per heavy atom. The minimum atomic E-state index is 0.00625. The molecule has 0 saturated heterocycles. The summed E-state index contributed by atoms with van der Waals surface area (Å²) >= 11 is 1.66. The molecule has 0 bridgehead atoms. The number of rotatable bonds is 3. The van der Waals surface area contributed by atoms with Crippen molar-refractivity contribution in [1.29, 1.82) is 0 Å². The molecule has 1 atom stereocenters. The lowest BCUT2D eigenvalue weighted by Crippen LogP contribution is -2.13. The van der Waals surface area contributed by atoms with Crippen LogP contribution in [0.15, 0.2) is 29.6 Å². The van der Waals surface area contributed by atoms with E-state index in [0.29, 0.717) is 0 Å². The molecule has 0 saturated carbocycles. The fourth-order valence-corrected chi connectivity index (χ4v) is 2.42. The molecule has 3 heteroatoms. The van der Waals surface area contributed by atoms with Crippen LogP contribution in [0, 0.1) is 13.8 Å². The van der Waals surface area contributed by atoms with Crippen molar-refractivity contribution in [3.63, 3.8) is 0 Å². The summed E-state index contributed by atoms with van der Waals surface area (Å²) in [5.74, 6) is 0. The second-order valence-electron chi connectivity index (χ2n) is 4.09. The standard InChI is InChI=1S/C13H16N2S/c1-9-4-3-5-11(6-9)7-12(14)13-8-16-10(2)15-13/h3-6,8,12H,7,14H2,1-2H3. The Balaban J connectivity index is 2.10. The van der Waals surface area contributed by atoms with Gasteiger partial charge >= 0.3 is 0 Å². The van der Waals surface area contributed by atoms with Gasteiger partial charge in [0.1, 0.15) is 0 Å². The third-order valence-corrected chi connectivity index (χ3v) is 3.35. The van der Waals surface area contributed by atoms with E-state index >= 15 is 0 Å². The molecule has 0 fully saturated rings. The summed E-state index contributed by atoms with van der Waals surface area (Å²) in [6.45, 7) is 4.11. The van der Waals surface area contributed by atoms with Crippen LogP contribution in [0.2, 0.25) is 0 Å². The van der Waals surface area contributed by atoms with Crippen molar-refractivity contribution < 1.29 is 0 Å². The molecule has 1 aromatic heterocycles. The van der Waals surface area contributed by atoms with E-state index in [-0.39, 0.29) is 6.04 Å². The van der Waals surface area contributed by atoms with Crippen molar-refractivity contribution in [1.82, 2.24) is 4.98 Å². The predicted molar refractivity (Wildman–Crippen MR) is 68.7 cm³/mol. The lowest BCUT2D eigenvalue weighted by Gasteiger charge is -2.09. The van der Waals surface area contributed by atoms with Gasteiger partial charge < -0.3 is 5.73 Å². The van der Waals surface area contributed by atoms with Crippen molar-refractivity contribution >= 4 is 11.3 Å². The molecule has 84 valence electrons. The molecule has 0 aliphatic carbocycles. The summed E-state index contributed by atoms with van der Waals surface area (Å²) in [6, 6.07) is 8.48. The first-order valence-electron chi connectivity index (χ1n) is 5.38. The summed E-state index contributed by atoms with van der Waals surface area (Å²) in [4.78, 5) is 4.42. The van der Waals surface area contributed by atoms with E-state index in [1.54, 1.807) is 11.3 Å². The average Bonchev–Trinajstić information content (AvgIpc) is 2.65. The van der Waals surface area contributed by atoms with Gasteiger partial charge in [-0.05, 0) is 25.8 Å². The fraction of sp³-hybridized carbons (Fsp3) is 0.308. The Hall–Kier alpha value is -1.19. The van der Waals surface area contributed by atoms with Gasteiger partial charge in [0.15, 0.2) is 0 Å². The highest BCUT2D eigenvalue weighted by molar-refractivity contribution is 7.09. The van der Waals surface area contributed by atoms with E-state index in [9.17, 15) is 0 Å². The maximum atomic E-state index is 6.13. The van der Waals surface area contributed by atoms with Gasteiger partial charge in [0, 0.05) is 5.38 Å². The molecule has 0 aliphatic rings. The molecule has 1 heterocycles. The van der Waals surface area contributed by atoms with Crippen LogP contribution in [0.1, 0.15) is 27.9 Å². The fourth-order valence-electron chi connectivity index (χ4n) is 1.75. The molecule has 2 rings (SSSR count). The largest absolute Gasteiger partial charge is 0.322 e. The first kappa shape index (κ1) is 11.3. The van der Waals surface area contributed by atoms with Gasteiger partial charge in [-0.1, -0.05) is 29.8 Å². The van der Waals surface area contributed by atoms with E-state index in [0.717, 1.165) is 17.1 Å². The number of nitrogens with two attached hydrogens (primary N) is 1. The molecular formula is C13H16N2S. The predicted octanol–water partition coefficient (Wildman–Crippen LogP) is 3.00.